The molecule has 0 nitrogen and oxygen atoms in total. The molecular formula is C25H20. The van der Waals surface area contributed by atoms with E-state index in [4.69, 9.17) is 0 Å². The van der Waals surface area contributed by atoms with Crippen LogP contribution < -0.4 is 0 Å². The minimum atomic E-state index is 1.22. The molecule has 0 aliphatic carbocycles. The highest BCUT2D eigenvalue weighted by Crippen LogP contribution is 2.25. The molecule has 25 heavy (non-hydrogen) atoms. The lowest BCUT2D eigenvalue weighted by atomic mass is 10.00. The summed E-state index contributed by atoms with van der Waals surface area (Å²) in [5, 5.41) is 2.54. The summed E-state index contributed by atoms with van der Waals surface area (Å²) < 4.78 is 0. The van der Waals surface area contributed by atoms with Crippen LogP contribution in [0.4, 0.5) is 0 Å². The summed E-state index contributed by atoms with van der Waals surface area (Å²) >= 11 is 0. The van der Waals surface area contributed by atoms with Gasteiger partial charge in [0, 0.05) is 0 Å². The number of benzene rings is 4. The van der Waals surface area contributed by atoms with E-state index in [9.17, 15) is 0 Å². The average Bonchev–Trinajstić information content (AvgIpc) is 2.68. The predicted molar refractivity (Wildman–Crippen MR) is 109 cm³/mol. The van der Waals surface area contributed by atoms with Crippen molar-refractivity contribution >= 4 is 22.9 Å². The van der Waals surface area contributed by atoms with Crippen molar-refractivity contribution < 1.29 is 0 Å². The predicted octanol–water partition coefficient (Wildman–Crippen LogP) is 6.99. The summed E-state index contributed by atoms with van der Waals surface area (Å²) in [5.74, 6) is 0. The van der Waals surface area contributed by atoms with Gasteiger partial charge in [-0.25, -0.2) is 0 Å². The van der Waals surface area contributed by atoms with Crippen molar-refractivity contribution in [2.24, 2.45) is 0 Å². The maximum atomic E-state index is 2.26. The van der Waals surface area contributed by atoms with Gasteiger partial charge in [0.2, 0.25) is 0 Å². The van der Waals surface area contributed by atoms with Crippen molar-refractivity contribution in [2.75, 3.05) is 0 Å². The fourth-order valence-electron chi connectivity index (χ4n) is 3.05. The van der Waals surface area contributed by atoms with Gasteiger partial charge in [-0.2, -0.15) is 0 Å². The number of rotatable bonds is 3. The fraction of sp³-hybridized carbons (Fsp3) is 0.0400. The average molecular weight is 320 g/mol. The van der Waals surface area contributed by atoms with Gasteiger partial charge in [0.15, 0.2) is 0 Å². The summed E-state index contributed by atoms with van der Waals surface area (Å²) in [6.45, 7) is 2.11. The maximum absolute atomic E-state index is 2.26. The fourth-order valence-corrected chi connectivity index (χ4v) is 3.05. The minimum Gasteiger partial charge on any atom is -0.0622 e. The Balaban J connectivity index is 1.63. The van der Waals surface area contributed by atoms with Crippen LogP contribution in [-0.4, -0.2) is 0 Å². The van der Waals surface area contributed by atoms with E-state index in [-0.39, 0.29) is 0 Å². The van der Waals surface area contributed by atoms with Gasteiger partial charge in [-0.3, -0.25) is 0 Å². The van der Waals surface area contributed by atoms with Crippen LogP contribution in [0.3, 0.4) is 0 Å². The van der Waals surface area contributed by atoms with Crippen LogP contribution in [0.2, 0.25) is 0 Å². The van der Waals surface area contributed by atoms with Gasteiger partial charge >= 0.3 is 0 Å². The maximum Gasteiger partial charge on any atom is -0.0177 e. The summed E-state index contributed by atoms with van der Waals surface area (Å²) in [6, 6.07) is 32.4. The molecule has 0 unspecified atom stereocenters. The normalized spacial score (nSPS) is 11.2. The van der Waals surface area contributed by atoms with E-state index in [1.54, 1.807) is 0 Å². The molecule has 0 radical (unpaired) electrons. The number of hydrogen-bond acceptors (Lipinski definition) is 0. The topological polar surface area (TPSA) is 0 Å². The molecule has 0 heteroatoms. The van der Waals surface area contributed by atoms with E-state index in [1.165, 1.54) is 38.6 Å². The Hall–Kier alpha value is -3.12. The standard InChI is InChI=1S/C25H20/c1-19-7-9-20(10-8-19)11-12-21-13-14-25-18-24(16-15-23(25)17-21)22-5-3-2-4-6-22/h2-18H,1H3/b12-11+. The first-order valence-electron chi connectivity index (χ1n) is 8.62. The van der Waals surface area contributed by atoms with Crippen LogP contribution in [0.1, 0.15) is 16.7 Å². The van der Waals surface area contributed by atoms with Gasteiger partial charge in [-0.05, 0) is 52.1 Å². The molecule has 0 aliphatic heterocycles. The lowest BCUT2D eigenvalue weighted by Crippen LogP contribution is -1.80. The largest absolute Gasteiger partial charge is 0.0622 e. The van der Waals surface area contributed by atoms with E-state index in [2.05, 4.69) is 110 Å². The van der Waals surface area contributed by atoms with Crippen LogP contribution in [-0.2, 0) is 0 Å². The lowest BCUT2D eigenvalue weighted by Gasteiger charge is -2.05. The summed E-state index contributed by atoms with van der Waals surface area (Å²) in [5.41, 5.74) is 6.26. The van der Waals surface area contributed by atoms with E-state index in [0.29, 0.717) is 0 Å². The molecule has 4 rings (SSSR count). The van der Waals surface area contributed by atoms with E-state index >= 15 is 0 Å². The quantitative estimate of drug-likeness (QED) is 0.357. The molecule has 0 aromatic heterocycles. The van der Waals surface area contributed by atoms with Crippen molar-refractivity contribution in [1.82, 2.24) is 0 Å². The molecule has 0 bridgehead atoms. The van der Waals surface area contributed by atoms with Crippen LogP contribution in [0, 0.1) is 6.92 Å². The van der Waals surface area contributed by atoms with Gasteiger partial charge in [-0.15, -0.1) is 0 Å². The van der Waals surface area contributed by atoms with E-state index < -0.39 is 0 Å². The first-order valence-corrected chi connectivity index (χ1v) is 8.62. The van der Waals surface area contributed by atoms with Crippen LogP contribution in [0.25, 0.3) is 34.1 Å². The monoisotopic (exact) mass is 320 g/mol. The molecule has 4 aromatic rings. The zero-order valence-corrected chi connectivity index (χ0v) is 14.3. The molecule has 0 fully saturated rings. The highest BCUT2D eigenvalue weighted by molar-refractivity contribution is 5.89. The molecule has 0 amide bonds. The molecule has 0 N–H and O–H groups in total. The highest BCUT2D eigenvalue weighted by atomic mass is 14.0. The van der Waals surface area contributed by atoms with Gasteiger partial charge in [0.25, 0.3) is 0 Å². The SMILES string of the molecule is Cc1ccc(/C=C/c2ccc3cc(-c4ccccc4)ccc3c2)cc1. The summed E-state index contributed by atoms with van der Waals surface area (Å²) in [6.07, 6.45) is 4.34. The lowest BCUT2D eigenvalue weighted by molar-refractivity contribution is 1.46. The van der Waals surface area contributed by atoms with Crippen molar-refractivity contribution in [3.8, 4) is 11.1 Å². The first kappa shape index (κ1) is 15.4. The molecular weight excluding hydrogens is 300 g/mol. The second-order valence-corrected chi connectivity index (χ2v) is 6.43. The van der Waals surface area contributed by atoms with E-state index in [0.717, 1.165) is 0 Å². The van der Waals surface area contributed by atoms with Gasteiger partial charge in [-0.1, -0.05) is 96.6 Å². The third kappa shape index (κ3) is 3.54. The molecule has 0 saturated carbocycles. The number of fused-ring (bicyclic) bond motifs is 1. The molecule has 0 aliphatic rings. The van der Waals surface area contributed by atoms with Crippen molar-refractivity contribution in [3.05, 3.63) is 108 Å². The van der Waals surface area contributed by atoms with Gasteiger partial charge in [0.1, 0.15) is 0 Å². The number of hydrogen-bond donors (Lipinski definition) is 0. The zero-order valence-electron chi connectivity index (χ0n) is 14.3. The Bertz CT molecular complexity index is 1020. The Labute approximate surface area is 149 Å². The van der Waals surface area contributed by atoms with Gasteiger partial charge in [0.05, 0.1) is 0 Å². The summed E-state index contributed by atoms with van der Waals surface area (Å²) in [7, 11) is 0. The second kappa shape index (κ2) is 6.78. The van der Waals surface area contributed by atoms with Crippen LogP contribution >= 0.6 is 0 Å². The van der Waals surface area contributed by atoms with Crippen LogP contribution in [0.5, 0.6) is 0 Å². The van der Waals surface area contributed by atoms with Crippen molar-refractivity contribution in [1.29, 1.82) is 0 Å². The van der Waals surface area contributed by atoms with Crippen molar-refractivity contribution in [2.45, 2.75) is 6.92 Å². The van der Waals surface area contributed by atoms with E-state index in [1.807, 2.05) is 0 Å². The molecule has 4 aromatic carbocycles. The minimum absolute atomic E-state index is 1.22. The van der Waals surface area contributed by atoms with Crippen molar-refractivity contribution in [3.63, 3.8) is 0 Å². The number of aryl methyl sites for hydroxylation is 1. The molecule has 0 saturated heterocycles. The zero-order chi connectivity index (χ0) is 17.1. The molecule has 0 atom stereocenters. The Kier molecular flexibility index (Phi) is 4.18. The first-order chi connectivity index (χ1) is 12.3. The van der Waals surface area contributed by atoms with Crippen LogP contribution in [0.15, 0.2) is 91.0 Å². The third-order valence-electron chi connectivity index (χ3n) is 4.52. The molecule has 0 spiro atoms. The molecule has 120 valence electrons. The second-order valence-electron chi connectivity index (χ2n) is 6.43. The smallest absolute Gasteiger partial charge is 0.0177 e. The third-order valence-corrected chi connectivity index (χ3v) is 4.52. The Morgan fingerprint density at radius 3 is 1.96 bits per heavy atom. The van der Waals surface area contributed by atoms with Gasteiger partial charge < -0.3 is 0 Å². The molecule has 0 heterocycles. The Morgan fingerprint density at radius 1 is 0.520 bits per heavy atom. The highest BCUT2D eigenvalue weighted by Gasteiger charge is 2.00. The summed E-state index contributed by atoms with van der Waals surface area (Å²) in [4.78, 5) is 0. The Morgan fingerprint density at radius 2 is 1.16 bits per heavy atom.